The van der Waals surface area contributed by atoms with Crippen molar-refractivity contribution in [3.8, 4) is 0 Å². The van der Waals surface area contributed by atoms with Crippen LogP contribution in [-0.2, 0) is 6.42 Å². The molecule has 4 heteroatoms. The van der Waals surface area contributed by atoms with Crippen LogP contribution in [0, 0.1) is 18.6 Å². The molecule has 2 aromatic rings. The fourth-order valence-electron chi connectivity index (χ4n) is 2.00. The second-order valence-corrected chi connectivity index (χ2v) is 4.93. The van der Waals surface area contributed by atoms with Crippen molar-refractivity contribution < 1.29 is 8.78 Å². The van der Waals surface area contributed by atoms with Crippen LogP contribution in [0.3, 0.4) is 0 Å². The van der Waals surface area contributed by atoms with E-state index in [-0.39, 0.29) is 17.3 Å². The molecular formula is C15H14ClF2N. The van der Waals surface area contributed by atoms with Gasteiger partial charge in [0.05, 0.1) is 5.02 Å². The van der Waals surface area contributed by atoms with E-state index in [1.165, 1.54) is 12.1 Å². The lowest BCUT2D eigenvalue weighted by Crippen LogP contribution is -2.15. The molecule has 0 spiro atoms. The summed E-state index contributed by atoms with van der Waals surface area (Å²) >= 11 is 5.87. The Labute approximate surface area is 116 Å². The van der Waals surface area contributed by atoms with Gasteiger partial charge in [0.1, 0.15) is 11.6 Å². The molecule has 2 aromatic carbocycles. The van der Waals surface area contributed by atoms with Crippen LogP contribution < -0.4 is 5.73 Å². The monoisotopic (exact) mass is 281 g/mol. The van der Waals surface area contributed by atoms with Gasteiger partial charge in [-0.15, -0.1) is 0 Å². The van der Waals surface area contributed by atoms with Gasteiger partial charge in [0.2, 0.25) is 0 Å². The summed E-state index contributed by atoms with van der Waals surface area (Å²) in [5.74, 6) is -0.846. The van der Waals surface area contributed by atoms with Gasteiger partial charge >= 0.3 is 0 Å². The normalized spacial score (nSPS) is 12.5. The first-order valence-corrected chi connectivity index (χ1v) is 6.31. The Morgan fingerprint density at radius 3 is 2.63 bits per heavy atom. The molecule has 0 aliphatic heterocycles. The van der Waals surface area contributed by atoms with Crippen LogP contribution in [0.4, 0.5) is 8.78 Å². The Balaban J connectivity index is 2.28. The summed E-state index contributed by atoms with van der Waals surface area (Å²) in [7, 11) is 0. The smallest absolute Gasteiger partial charge is 0.142 e. The lowest BCUT2D eigenvalue weighted by atomic mass is 9.98. The van der Waals surface area contributed by atoms with Crippen LogP contribution in [0.5, 0.6) is 0 Å². The van der Waals surface area contributed by atoms with E-state index in [1.807, 2.05) is 6.92 Å². The molecule has 1 unspecified atom stereocenters. The van der Waals surface area contributed by atoms with Crippen LogP contribution in [0.1, 0.15) is 22.7 Å². The molecule has 0 radical (unpaired) electrons. The van der Waals surface area contributed by atoms with Crippen LogP contribution in [0.15, 0.2) is 36.4 Å². The van der Waals surface area contributed by atoms with E-state index in [0.717, 1.165) is 5.56 Å². The standard InChI is InChI=1S/C15H14ClF2N/c1-9-5-6-12(17)11(7-9)14(19)8-10-3-2-4-13(18)15(10)16/h2-7,14H,8,19H2,1H3. The third-order valence-electron chi connectivity index (χ3n) is 3.02. The zero-order chi connectivity index (χ0) is 14.0. The van der Waals surface area contributed by atoms with Crippen molar-refractivity contribution in [1.29, 1.82) is 0 Å². The fourth-order valence-corrected chi connectivity index (χ4v) is 2.20. The van der Waals surface area contributed by atoms with E-state index in [0.29, 0.717) is 11.1 Å². The number of rotatable bonds is 3. The molecule has 0 aliphatic carbocycles. The zero-order valence-corrected chi connectivity index (χ0v) is 11.2. The molecule has 1 atom stereocenters. The van der Waals surface area contributed by atoms with E-state index in [9.17, 15) is 8.78 Å². The van der Waals surface area contributed by atoms with Gasteiger partial charge in [0, 0.05) is 11.6 Å². The molecule has 19 heavy (non-hydrogen) atoms. The van der Waals surface area contributed by atoms with Gasteiger partial charge in [-0.05, 0) is 31.0 Å². The highest BCUT2D eigenvalue weighted by Crippen LogP contribution is 2.26. The van der Waals surface area contributed by atoms with Gasteiger partial charge in [-0.3, -0.25) is 0 Å². The molecule has 0 amide bonds. The van der Waals surface area contributed by atoms with E-state index < -0.39 is 11.9 Å². The topological polar surface area (TPSA) is 26.0 Å². The van der Waals surface area contributed by atoms with Crippen molar-refractivity contribution in [3.63, 3.8) is 0 Å². The Bertz CT molecular complexity index is 599. The maximum absolute atomic E-state index is 13.7. The average Bonchev–Trinajstić information content (AvgIpc) is 2.38. The van der Waals surface area contributed by atoms with Crippen molar-refractivity contribution in [2.24, 2.45) is 5.73 Å². The minimum atomic E-state index is -0.556. The summed E-state index contributed by atoms with van der Waals surface area (Å²) in [6.45, 7) is 1.87. The van der Waals surface area contributed by atoms with E-state index >= 15 is 0 Å². The minimum absolute atomic E-state index is 0.0472. The van der Waals surface area contributed by atoms with Crippen molar-refractivity contribution in [2.45, 2.75) is 19.4 Å². The number of hydrogen-bond donors (Lipinski definition) is 1. The molecular weight excluding hydrogens is 268 g/mol. The van der Waals surface area contributed by atoms with Gasteiger partial charge in [-0.1, -0.05) is 41.4 Å². The molecule has 0 saturated heterocycles. The van der Waals surface area contributed by atoms with Gasteiger partial charge in [-0.2, -0.15) is 0 Å². The first kappa shape index (κ1) is 14.0. The quantitative estimate of drug-likeness (QED) is 0.898. The van der Waals surface area contributed by atoms with Crippen LogP contribution in [0.25, 0.3) is 0 Å². The highest BCUT2D eigenvalue weighted by atomic mass is 35.5. The Hall–Kier alpha value is -1.45. The van der Waals surface area contributed by atoms with Crippen molar-refractivity contribution in [3.05, 3.63) is 69.7 Å². The van der Waals surface area contributed by atoms with Crippen LogP contribution >= 0.6 is 11.6 Å². The molecule has 0 fully saturated rings. The highest BCUT2D eigenvalue weighted by molar-refractivity contribution is 6.31. The predicted octanol–water partition coefficient (Wildman–Crippen LogP) is 4.17. The first-order chi connectivity index (χ1) is 8.99. The number of benzene rings is 2. The summed E-state index contributed by atoms with van der Waals surface area (Å²) in [6.07, 6.45) is 0.289. The lowest BCUT2D eigenvalue weighted by molar-refractivity contribution is 0.578. The molecule has 1 nitrogen and oxygen atoms in total. The van der Waals surface area contributed by atoms with E-state index in [1.54, 1.807) is 24.3 Å². The van der Waals surface area contributed by atoms with Gasteiger partial charge in [0.15, 0.2) is 0 Å². The Kier molecular flexibility index (Phi) is 4.17. The van der Waals surface area contributed by atoms with Gasteiger partial charge in [0.25, 0.3) is 0 Å². The number of halogens is 3. The summed E-state index contributed by atoms with van der Waals surface area (Å²) in [5, 5.41) is 0.0472. The zero-order valence-electron chi connectivity index (χ0n) is 10.5. The van der Waals surface area contributed by atoms with E-state index in [2.05, 4.69) is 0 Å². The van der Waals surface area contributed by atoms with Crippen molar-refractivity contribution in [2.75, 3.05) is 0 Å². The summed E-state index contributed by atoms with van der Waals surface area (Å²) in [4.78, 5) is 0. The van der Waals surface area contributed by atoms with Crippen LogP contribution in [-0.4, -0.2) is 0 Å². The van der Waals surface area contributed by atoms with Crippen LogP contribution in [0.2, 0.25) is 5.02 Å². The van der Waals surface area contributed by atoms with Crippen molar-refractivity contribution >= 4 is 11.6 Å². The Morgan fingerprint density at radius 1 is 1.16 bits per heavy atom. The Morgan fingerprint density at radius 2 is 1.89 bits per heavy atom. The molecule has 2 rings (SSSR count). The van der Waals surface area contributed by atoms with E-state index in [4.69, 9.17) is 17.3 Å². The number of aryl methyl sites for hydroxylation is 1. The number of hydrogen-bond acceptors (Lipinski definition) is 1. The minimum Gasteiger partial charge on any atom is -0.324 e. The highest BCUT2D eigenvalue weighted by Gasteiger charge is 2.15. The predicted molar refractivity (Wildman–Crippen MR) is 73.2 cm³/mol. The second-order valence-electron chi connectivity index (χ2n) is 4.55. The molecule has 0 saturated carbocycles. The van der Waals surface area contributed by atoms with Gasteiger partial charge in [-0.25, -0.2) is 8.78 Å². The summed E-state index contributed by atoms with van der Waals surface area (Å²) in [6, 6.07) is 8.75. The molecule has 2 N–H and O–H groups in total. The fraction of sp³-hybridized carbons (Fsp3) is 0.200. The maximum atomic E-state index is 13.7. The average molecular weight is 282 g/mol. The molecule has 0 bridgehead atoms. The van der Waals surface area contributed by atoms with Gasteiger partial charge < -0.3 is 5.73 Å². The lowest BCUT2D eigenvalue weighted by Gasteiger charge is -2.15. The first-order valence-electron chi connectivity index (χ1n) is 5.93. The third kappa shape index (κ3) is 3.11. The molecule has 0 aromatic heterocycles. The van der Waals surface area contributed by atoms with Crippen molar-refractivity contribution in [1.82, 2.24) is 0 Å². The molecule has 0 aliphatic rings. The molecule has 100 valence electrons. The summed E-state index contributed by atoms with van der Waals surface area (Å²) < 4.78 is 27.0. The maximum Gasteiger partial charge on any atom is 0.142 e. The number of nitrogens with two attached hydrogens (primary N) is 1. The summed E-state index contributed by atoms with van der Waals surface area (Å²) in [5.41, 5.74) is 7.92. The molecule has 0 heterocycles. The largest absolute Gasteiger partial charge is 0.324 e. The third-order valence-corrected chi connectivity index (χ3v) is 3.45. The SMILES string of the molecule is Cc1ccc(F)c(C(N)Cc2cccc(F)c2Cl)c1. The second kappa shape index (κ2) is 5.68.